The Hall–Kier alpha value is -0.960. The molecule has 2 N–H and O–H groups in total. The number of hydrogen-bond donors (Lipinski definition) is 1. The zero-order valence-electron chi connectivity index (χ0n) is 10.7. The van der Waals surface area contributed by atoms with E-state index in [4.69, 9.17) is 5.73 Å². The van der Waals surface area contributed by atoms with E-state index in [2.05, 4.69) is 0 Å². The fourth-order valence-electron chi connectivity index (χ4n) is 2.85. The molecule has 3 heteroatoms. The molecule has 1 nitrogen and oxygen atoms in total. The fourth-order valence-corrected chi connectivity index (χ4v) is 2.85. The number of nitrogens with two attached hydrogens (primary N) is 1. The maximum Gasteiger partial charge on any atom is 0.126 e. The quantitative estimate of drug-likeness (QED) is 0.849. The third kappa shape index (κ3) is 3.77. The van der Waals surface area contributed by atoms with E-state index in [-0.39, 0.29) is 6.04 Å². The van der Waals surface area contributed by atoms with E-state index in [9.17, 15) is 8.78 Å². The highest BCUT2D eigenvalue weighted by molar-refractivity contribution is 5.21. The first-order chi connectivity index (χ1) is 8.65. The number of benzene rings is 1. The molecule has 0 aliphatic heterocycles. The fraction of sp³-hybridized carbons (Fsp3) is 0.600. The normalized spacial score (nSPS) is 18.8. The summed E-state index contributed by atoms with van der Waals surface area (Å²) in [6.07, 6.45) is 8.42. The first-order valence-electron chi connectivity index (χ1n) is 6.87. The van der Waals surface area contributed by atoms with Crippen LogP contribution in [0.3, 0.4) is 0 Å². The highest BCUT2D eigenvalue weighted by Crippen LogP contribution is 2.29. The average molecular weight is 253 g/mol. The van der Waals surface area contributed by atoms with Gasteiger partial charge in [-0.25, -0.2) is 8.78 Å². The van der Waals surface area contributed by atoms with Gasteiger partial charge >= 0.3 is 0 Å². The van der Waals surface area contributed by atoms with Gasteiger partial charge in [0, 0.05) is 12.1 Å². The Balaban J connectivity index is 1.88. The van der Waals surface area contributed by atoms with Crippen LogP contribution < -0.4 is 5.73 Å². The third-order valence-electron chi connectivity index (χ3n) is 3.92. The van der Waals surface area contributed by atoms with E-state index < -0.39 is 11.6 Å². The summed E-state index contributed by atoms with van der Waals surface area (Å²) in [7, 11) is 0. The van der Waals surface area contributed by atoms with E-state index in [0.29, 0.717) is 5.56 Å². The SMILES string of the molecule is NC(CCC1CCCCC1)c1cc(F)cc(F)c1. The molecule has 1 saturated carbocycles. The van der Waals surface area contributed by atoms with E-state index in [1.165, 1.54) is 44.2 Å². The van der Waals surface area contributed by atoms with Crippen LogP contribution in [0.15, 0.2) is 18.2 Å². The van der Waals surface area contributed by atoms with Gasteiger partial charge < -0.3 is 5.73 Å². The number of rotatable bonds is 4. The molecule has 0 saturated heterocycles. The van der Waals surface area contributed by atoms with Crippen LogP contribution in [-0.4, -0.2) is 0 Å². The van der Waals surface area contributed by atoms with Gasteiger partial charge in [0.25, 0.3) is 0 Å². The molecule has 1 atom stereocenters. The number of halogens is 2. The van der Waals surface area contributed by atoms with Crippen LogP contribution in [0.25, 0.3) is 0 Å². The maximum absolute atomic E-state index is 13.1. The van der Waals surface area contributed by atoms with Crippen molar-refractivity contribution in [3.05, 3.63) is 35.4 Å². The van der Waals surface area contributed by atoms with Crippen molar-refractivity contribution >= 4 is 0 Å². The van der Waals surface area contributed by atoms with Gasteiger partial charge in [-0.3, -0.25) is 0 Å². The minimum Gasteiger partial charge on any atom is -0.324 e. The summed E-state index contributed by atoms with van der Waals surface area (Å²) < 4.78 is 26.2. The van der Waals surface area contributed by atoms with Gasteiger partial charge in [-0.1, -0.05) is 32.1 Å². The van der Waals surface area contributed by atoms with Gasteiger partial charge in [0.1, 0.15) is 11.6 Å². The molecule has 0 amide bonds. The van der Waals surface area contributed by atoms with E-state index in [1.54, 1.807) is 0 Å². The molecule has 1 fully saturated rings. The van der Waals surface area contributed by atoms with Crippen molar-refractivity contribution in [1.29, 1.82) is 0 Å². The summed E-state index contributed by atoms with van der Waals surface area (Å²) in [5, 5.41) is 0. The molecule has 1 aromatic rings. The Kier molecular flexibility index (Phi) is 4.70. The molecule has 2 rings (SSSR count). The lowest BCUT2D eigenvalue weighted by molar-refractivity contribution is 0.324. The summed E-state index contributed by atoms with van der Waals surface area (Å²) in [6.45, 7) is 0. The predicted octanol–water partition coefficient (Wildman–Crippen LogP) is 4.33. The zero-order valence-corrected chi connectivity index (χ0v) is 10.7. The molecule has 0 spiro atoms. The minimum absolute atomic E-state index is 0.253. The zero-order chi connectivity index (χ0) is 13.0. The lowest BCUT2D eigenvalue weighted by Gasteiger charge is -2.23. The summed E-state index contributed by atoms with van der Waals surface area (Å²) in [4.78, 5) is 0. The smallest absolute Gasteiger partial charge is 0.126 e. The molecule has 18 heavy (non-hydrogen) atoms. The van der Waals surface area contributed by atoms with Gasteiger partial charge in [0.05, 0.1) is 0 Å². The highest BCUT2D eigenvalue weighted by atomic mass is 19.1. The van der Waals surface area contributed by atoms with Crippen LogP contribution >= 0.6 is 0 Å². The number of hydrogen-bond acceptors (Lipinski definition) is 1. The molecule has 0 aromatic heterocycles. The van der Waals surface area contributed by atoms with E-state index in [1.807, 2.05) is 0 Å². The summed E-state index contributed by atoms with van der Waals surface area (Å²) in [5.74, 6) is -0.334. The van der Waals surface area contributed by atoms with E-state index >= 15 is 0 Å². The van der Waals surface area contributed by atoms with E-state index in [0.717, 1.165) is 24.8 Å². The lowest BCUT2D eigenvalue weighted by Crippen LogP contribution is -2.14. The van der Waals surface area contributed by atoms with Crippen molar-refractivity contribution < 1.29 is 8.78 Å². The van der Waals surface area contributed by atoms with Crippen LogP contribution in [0, 0.1) is 17.6 Å². The van der Waals surface area contributed by atoms with Crippen LogP contribution in [-0.2, 0) is 0 Å². The van der Waals surface area contributed by atoms with Crippen molar-refractivity contribution in [3.8, 4) is 0 Å². The van der Waals surface area contributed by atoms with Gasteiger partial charge in [-0.15, -0.1) is 0 Å². The molecule has 1 unspecified atom stereocenters. The van der Waals surface area contributed by atoms with Crippen LogP contribution in [0.1, 0.15) is 56.6 Å². The maximum atomic E-state index is 13.1. The predicted molar refractivity (Wildman–Crippen MR) is 69.1 cm³/mol. The first-order valence-corrected chi connectivity index (χ1v) is 6.87. The summed E-state index contributed by atoms with van der Waals surface area (Å²) in [6, 6.07) is 3.32. The lowest BCUT2D eigenvalue weighted by atomic mass is 9.84. The summed E-state index contributed by atoms with van der Waals surface area (Å²) >= 11 is 0. The second kappa shape index (κ2) is 6.28. The Morgan fingerprint density at radius 2 is 1.67 bits per heavy atom. The average Bonchev–Trinajstić information content (AvgIpc) is 2.36. The van der Waals surface area contributed by atoms with Crippen molar-refractivity contribution in [3.63, 3.8) is 0 Å². The van der Waals surface area contributed by atoms with Crippen molar-refractivity contribution in [1.82, 2.24) is 0 Å². The topological polar surface area (TPSA) is 26.0 Å². The largest absolute Gasteiger partial charge is 0.324 e. The second-order valence-corrected chi connectivity index (χ2v) is 5.39. The molecule has 0 radical (unpaired) electrons. The van der Waals surface area contributed by atoms with Crippen LogP contribution in [0.5, 0.6) is 0 Å². The second-order valence-electron chi connectivity index (χ2n) is 5.39. The van der Waals surface area contributed by atoms with Crippen molar-refractivity contribution in [2.45, 2.75) is 51.0 Å². The molecule has 1 aliphatic carbocycles. The van der Waals surface area contributed by atoms with Crippen LogP contribution in [0.4, 0.5) is 8.78 Å². The summed E-state index contributed by atoms with van der Waals surface area (Å²) in [5.41, 5.74) is 6.59. The standard InChI is InChI=1S/C15H21F2N/c16-13-8-12(9-14(17)10-13)15(18)7-6-11-4-2-1-3-5-11/h8-11,15H,1-7,18H2. The highest BCUT2D eigenvalue weighted by Gasteiger charge is 2.16. The van der Waals surface area contributed by atoms with Gasteiger partial charge in [0.2, 0.25) is 0 Å². The third-order valence-corrected chi connectivity index (χ3v) is 3.92. The Morgan fingerprint density at radius 1 is 1.06 bits per heavy atom. The Morgan fingerprint density at radius 3 is 2.28 bits per heavy atom. The van der Waals surface area contributed by atoms with Gasteiger partial charge in [-0.2, -0.15) is 0 Å². The van der Waals surface area contributed by atoms with Crippen LogP contribution in [0.2, 0.25) is 0 Å². The molecular formula is C15H21F2N. The Labute approximate surface area is 107 Å². The molecule has 0 heterocycles. The molecule has 1 aromatic carbocycles. The molecule has 100 valence electrons. The van der Waals surface area contributed by atoms with Crippen molar-refractivity contribution in [2.75, 3.05) is 0 Å². The molecule has 1 aliphatic rings. The first kappa shape index (κ1) is 13.5. The monoisotopic (exact) mass is 253 g/mol. The van der Waals surface area contributed by atoms with Crippen molar-refractivity contribution in [2.24, 2.45) is 11.7 Å². The molecule has 0 bridgehead atoms. The Bertz CT molecular complexity index is 366. The van der Waals surface area contributed by atoms with Gasteiger partial charge in [0.15, 0.2) is 0 Å². The minimum atomic E-state index is -0.543. The molecular weight excluding hydrogens is 232 g/mol. The van der Waals surface area contributed by atoms with Gasteiger partial charge in [-0.05, 0) is 36.5 Å².